The highest BCUT2D eigenvalue weighted by molar-refractivity contribution is 5.84. The number of fused-ring (bicyclic) bond motifs is 2. The van der Waals surface area contributed by atoms with Crippen molar-refractivity contribution < 1.29 is 8.78 Å². The summed E-state index contributed by atoms with van der Waals surface area (Å²) in [5.74, 6) is -1.09. The molecule has 3 aromatic carbocycles. The zero-order valence-electron chi connectivity index (χ0n) is 17.3. The standard InChI is InChI=1S/C27H30F2/c1-2-3-4-5-6-7-19-8-9-21-15-22(11-10-20(21)14-19)23-12-13-24-17-26(28)27(29)18-25(24)16-23/h8-11,14-15,17-18,23H,2-7,12-13,16H2,1H3. The number of unbranched alkanes of at least 4 members (excludes halogenated alkanes) is 4. The van der Waals surface area contributed by atoms with Crippen LogP contribution in [0.4, 0.5) is 8.78 Å². The molecule has 0 aliphatic heterocycles. The first-order valence-corrected chi connectivity index (χ1v) is 11.1. The summed E-state index contributed by atoms with van der Waals surface area (Å²) < 4.78 is 27.1. The van der Waals surface area contributed by atoms with Crippen LogP contribution >= 0.6 is 0 Å². The monoisotopic (exact) mass is 392 g/mol. The molecule has 4 rings (SSSR count). The molecule has 0 radical (unpaired) electrons. The summed E-state index contributed by atoms with van der Waals surface area (Å²) in [5, 5.41) is 2.57. The van der Waals surface area contributed by atoms with Crippen molar-refractivity contribution in [2.24, 2.45) is 0 Å². The smallest absolute Gasteiger partial charge is 0.159 e. The van der Waals surface area contributed by atoms with E-state index in [4.69, 9.17) is 0 Å². The molecule has 1 aliphatic rings. The topological polar surface area (TPSA) is 0 Å². The predicted octanol–water partition coefficient (Wildman–Crippen LogP) is 7.90. The van der Waals surface area contributed by atoms with Crippen molar-refractivity contribution in [1.29, 1.82) is 0 Å². The van der Waals surface area contributed by atoms with Crippen LogP contribution < -0.4 is 0 Å². The molecule has 1 atom stereocenters. The molecule has 0 saturated carbocycles. The van der Waals surface area contributed by atoms with E-state index >= 15 is 0 Å². The summed E-state index contributed by atoms with van der Waals surface area (Å²) in [6.07, 6.45) is 10.3. The second kappa shape index (κ2) is 9.07. The number of hydrogen-bond acceptors (Lipinski definition) is 0. The van der Waals surface area contributed by atoms with Crippen LogP contribution in [-0.2, 0) is 19.3 Å². The number of rotatable bonds is 7. The molecule has 152 valence electrons. The number of aryl methyl sites for hydroxylation is 2. The Morgan fingerprint density at radius 3 is 2.34 bits per heavy atom. The van der Waals surface area contributed by atoms with Gasteiger partial charge in [0.1, 0.15) is 0 Å². The van der Waals surface area contributed by atoms with Gasteiger partial charge in [0.2, 0.25) is 0 Å². The van der Waals surface area contributed by atoms with Crippen LogP contribution in [0.3, 0.4) is 0 Å². The van der Waals surface area contributed by atoms with Crippen molar-refractivity contribution in [3.8, 4) is 0 Å². The van der Waals surface area contributed by atoms with Crippen LogP contribution in [0, 0.1) is 11.6 Å². The summed E-state index contributed by atoms with van der Waals surface area (Å²) in [7, 11) is 0. The predicted molar refractivity (Wildman–Crippen MR) is 118 cm³/mol. The highest BCUT2D eigenvalue weighted by Crippen LogP contribution is 2.35. The fraction of sp³-hybridized carbons (Fsp3) is 0.407. The molecular weight excluding hydrogens is 362 g/mol. The average Bonchev–Trinajstić information content (AvgIpc) is 2.73. The van der Waals surface area contributed by atoms with E-state index in [1.807, 2.05) is 0 Å². The molecule has 0 aromatic heterocycles. The SMILES string of the molecule is CCCCCCCc1ccc2cc(C3CCc4cc(F)c(F)cc4C3)ccc2c1. The summed E-state index contributed by atoms with van der Waals surface area (Å²) >= 11 is 0. The third kappa shape index (κ3) is 4.69. The lowest BCUT2D eigenvalue weighted by Crippen LogP contribution is -2.13. The van der Waals surface area contributed by atoms with Crippen LogP contribution in [0.15, 0.2) is 48.5 Å². The Morgan fingerprint density at radius 2 is 1.52 bits per heavy atom. The Morgan fingerprint density at radius 1 is 0.793 bits per heavy atom. The first-order chi connectivity index (χ1) is 14.1. The first-order valence-electron chi connectivity index (χ1n) is 11.1. The number of benzene rings is 3. The minimum atomic E-state index is -0.731. The van der Waals surface area contributed by atoms with E-state index < -0.39 is 11.6 Å². The maximum absolute atomic E-state index is 13.7. The van der Waals surface area contributed by atoms with Crippen molar-refractivity contribution in [2.45, 2.75) is 70.6 Å². The van der Waals surface area contributed by atoms with Gasteiger partial charge in [0.25, 0.3) is 0 Å². The van der Waals surface area contributed by atoms with Gasteiger partial charge in [-0.2, -0.15) is 0 Å². The maximum atomic E-state index is 13.7. The van der Waals surface area contributed by atoms with E-state index in [1.54, 1.807) is 0 Å². The molecule has 1 unspecified atom stereocenters. The van der Waals surface area contributed by atoms with E-state index in [0.29, 0.717) is 5.92 Å². The average molecular weight is 393 g/mol. The van der Waals surface area contributed by atoms with E-state index in [-0.39, 0.29) is 0 Å². The van der Waals surface area contributed by atoms with Gasteiger partial charge in [-0.15, -0.1) is 0 Å². The minimum Gasteiger partial charge on any atom is -0.204 e. The zero-order chi connectivity index (χ0) is 20.2. The summed E-state index contributed by atoms with van der Waals surface area (Å²) in [4.78, 5) is 0. The minimum absolute atomic E-state index is 0.370. The molecule has 0 bridgehead atoms. The number of halogens is 2. The van der Waals surface area contributed by atoms with Gasteiger partial charge in [-0.1, -0.05) is 69.0 Å². The summed E-state index contributed by atoms with van der Waals surface area (Å²) in [5.41, 5.74) is 4.65. The molecule has 0 nitrogen and oxygen atoms in total. The van der Waals surface area contributed by atoms with Crippen LogP contribution in [0.1, 0.15) is 73.6 Å². The number of hydrogen-bond donors (Lipinski definition) is 0. The van der Waals surface area contributed by atoms with Gasteiger partial charge in [-0.25, -0.2) is 8.78 Å². The molecule has 0 spiro atoms. The van der Waals surface area contributed by atoms with Crippen molar-refractivity contribution >= 4 is 10.8 Å². The quantitative estimate of drug-likeness (QED) is 0.358. The fourth-order valence-corrected chi connectivity index (χ4v) is 4.69. The van der Waals surface area contributed by atoms with Gasteiger partial charge in [0.05, 0.1) is 0 Å². The largest absolute Gasteiger partial charge is 0.204 e. The molecule has 2 heteroatoms. The normalized spacial score (nSPS) is 16.2. The summed E-state index contributed by atoms with van der Waals surface area (Å²) in [6.45, 7) is 2.25. The van der Waals surface area contributed by atoms with Crippen molar-refractivity contribution in [1.82, 2.24) is 0 Å². The highest BCUT2D eigenvalue weighted by Gasteiger charge is 2.22. The van der Waals surface area contributed by atoms with Crippen LogP contribution in [-0.4, -0.2) is 0 Å². The molecule has 0 fully saturated rings. The maximum Gasteiger partial charge on any atom is 0.159 e. The molecule has 29 heavy (non-hydrogen) atoms. The van der Waals surface area contributed by atoms with Gasteiger partial charge in [-0.3, -0.25) is 0 Å². The van der Waals surface area contributed by atoms with E-state index in [1.165, 1.54) is 66.1 Å². The fourth-order valence-electron chi connectivity index (χ4n) is 4.69. The van der Waals surface area contributed by atoms with Crippen LogP contribution in [0.5, 0.6) is 0 Å². The second-order valence-corrected chi connectivity index (χ2v) is 8.58. The zero-order valence-corrected chi connectivity index (χ0v) is 17.3. The van der Waals surface area contributed by atoms with Crippen molar-refractivity contribution in [3.05, 3.63) is 82.4 Å². The van der Waals surface area contributed by atoms with Crippen molar-refractivity contribution in [3.63, 3.8) is 0 Å². The van der Waals surface area contributed by atoms with Gasteiger partial charge in [0, 0.05) is 0 Å². The highest BCUT2D eigenvalue weighted by atomic mass is 19.2. The Kier molecular flexibility index (Phi) is 6.28. The lowest BCUT2D eigenvalue weighted by Gasteiger charge is -2.25. The van der Waals surface area contributed by atoms with Gasteiger partial charge < -0.3 is 0 Å². The third-order valence-electron chi connectivity index (χ3n) is 6.44. The molecule has 0 saturated heterocycles. The molecular formula is C27H30F2. The molecule has 0 amide bonds. The van der Waals surface area contributed by atoms with Crippen LogP contribution in [0.2, 0.25) is 0 Å². The Hall–Kier alpha value is -2.22. The van der Waals surface area contributed by atoms with E-state index in [2.05, 4.69) is 43.3 Å². The third-order valence-corrected chi connectivity index (χ3v) is 6.44. The molecule has 0 heterocycles. The Labute approximate surface area is 173 Å². The lowest BCUT2D eigenvalue weighted by atomic mass is 9.79. The van der Waals surface area contributed by atoms with Crippen molar-refractivity contribution in [2.75, 3.05) is 0 Å². The van der Waals surface area contributed by atoms with Crippen LogP contribution in [0.25, 0.3) is 10.8 Å². The van der Waals surface area contributed by atoms with E-state index in [9.17, 15) is 8.78 Å². The first kappa shape index (κ1) is 20.1. The second-order valence-electron chi connectivity index (χ2n) is 8.58. The molecule has 0 N–H and O–H groups in total. The van der Waals surface area contributed by atoms with Gasteiger partial charge in [0.15, 0.2) is 11.6 Å². The molecule has 1 aliphatic carbocycles. The van der Waals surface area contributed by atoms with Gasteiger partial charge >= 0.3 is 0 Å². The van der Waals surface area contributed by atoms with E-state index in [0.717, 1.165) is 36.8 Å². The lowest BCUT2D eigenvalue weighted by molar-refractivity contribution is 0.496. The Balaban J connectivity index is 1.46. The molecule has 3 aromatic rings. The van der Waals surface area contributed by atoms with Gasteiger partial charge in [-0.05, 0) is 83.2 Å². The Bertz CT molecular complexity index is 989. The summed E-state index contributed by atoms with van der Waals surface area (Å²) in [6, 6.07) is 16.3.